The van der Waals surface area contributed by atoms with E-state index in [1.807, 2.05) is 0 Å². The molecule has 1 aromatic heterocycles. The van der Waals surface area contributed by atoms with Crippen LogP contribution in [0.4, 0.5) is 0 Å². The lowest BCUT2D eigenvalue weighted by Crippen LogP contribution is -2.53. The van der Waals surface area contributed by atoms with Gasteiger partial charge < -0.3 is 29.5 Å². The van der Waals surface area contributed by atoms with Crippen LogP contribution in [0.3, 0.4) is 0 Å². The van der Waals surface area contributed by atoms with E-state index in [4.69, 9.17) is 14.2 Å². The van der Waals surface area contributed by atoms with Crippen molar-refractivity contribution in [3.05, 3.63) is 32.6 Å². The Kier molecular flexibility index (Phi) is 5.58. The van der Waals surface area contributed by atoms with E-state index in [1.165, 1.54) is 20.2 Å². The van der Waals surface area contributed by atoms with Crippen molar-refractivity contribution in [2.75, 3.05) is 20.3 Å². The van der Waals surface area contributed by atoms with Crippen molar-refractivity contribution in [3.63, 3.8) is 0 Å². The molecule has 5 atom stereocenters. The SMILES string of the molecule is COCC(C)O[C@]1(O)[C@H](O)[C@@H](CO)O[C@H]1n1cc(C)c(=O)[nH]c1=O. The number of rotatable bonds is 6. The van der Waals surface area contributed by atoms with Gasteiger partial charge >= 0.3 is 5.69 Å². The van der Waals surface area contributed by atoms with E-state index in [-0.39, 0.29) is 12.2 Å². The van der Waals surface area contributed by atoms with Crippen molar-refractivity contribution in [2.45, 2.75) is 44.2 Å². The zero-order valence-electron chi connectivity index (χ0n) is 13.6. The first-order valence-electron chi connectivity index (χ1n) is 7.40. The molecule has 1 fully saturated rings. The van der Waals surface area contributed by atoms with Gasteiger partial charge in [0, 0.05) is 18.9 Å². The molecule has 4 N–H and O–H groups in total. The quantitative estimate of drug-likeness (QED) is 0.426. The van der Waals surface area contributed by atoms with Gasteiger partial charge in [-0.25, -0.2) is 4.79 Å². The van der Waals surface area contributed by atoms with Gasteiger partial charge in [-0.05, 0) is 13.8 Å². The monoisotopic (exact) mass is 346 g/mol. The molecular weight excluding hydrogens is 324 g/mol. The summed E-state index contributed by atoms with van der Waals surface area (Å²) in [6.45, 7) is 2.58. The van der Waals surface area contributed by atoms with E-state index in [1.54, 1.807) is 6.92 Å². The Bertz CT molecular complexity index is 686. The third kappa shape index (κ3) is 3.29. The summed E-state index contributed by atoms with van der Waals surface area (Å²) in [6.07, 6.45) is -3.71. The second kappa shape index (κ2) is 7.13. The Balaban J connectivity index is 2.47. The van der Waals surface area contributed by atoms with Crippen molar-refractivity contribution in [1.82, 2.24) is 9.55 Å². The molecule has 0 aromatic carbocycles. The van der Waals surface area contributed by atoms with Gasteiger partial charge in [-0.2, -0.15) is 0 Å². The standard InChI is InChI=1S/C14H22N2O8/c1-7-4-16(13(20)15-11(7)19)12-14(21,24-8(2)6-22-3)10(18)9(5-17)23-12/h4,8-10,12,17-18,21H,5-6H2,1-3H3,(H,15,19,20)/t8?,9-,10-,12-,14-/m1/s1. The first kappa shape index (κ1) is 18.8. The van der Waals surface area contributed by atoms with Crippen LogP contribution in [0.5, 0.6) is 0 Å². The molecule has 0 amide bonds. The Morgan fingerprint density at radius 3 is 2.75 bits per heavy atom. The molecule has 0 radical (unpaired) electrons. The number of H-pyrrole nitrogens is 1. The Labute approximate surface area is 137 Å². The highest BCUT2D eigenvalue weighted by atomic mass is 16.7. The third-order valence-electron chi connectivity index (χ3n) is 3.80. The van der Waals surface area contributed by atoms with E-state index in [0.29, 0.717) is 0 Å². The van der Waals surface area contributed by atoms with Crippen LogP contribution < -0.4 is 11.2 Å². The number of hydrogen-bond donors (Lipinski definition) is 4. The van der Waals surface area contributed by atoms with Crippen LogP contribution in [0.2, 0.25) is 0 Å². The molecule has 1 aromatic rings. The van der Waals surface area contributed by atoms with E-state index < -0.39 is 48.2 Å². The summed E-state index contributed by atoms with van der Waals surface area (Å²) in [6, 6.07) is 0. The molecule has 10 nitrogen and oxygen atoms in total. The molecule has 1 aliphatic heterocycles. The summed E-state index contributed by atoms with van der Waals surface area (Å²) in [5.41, 5.74) is -1.22. The second-order valence-corrected chi connectivity index (χ2v) is 5.77. The molecule has 136 valence electrons. The summed E-state index contributed by atoms with van der Waals surface area (Å²) in [5, 5.41) is 30.4. The molecular formula is C14H22N2O8. The second-order valence-electron chi connectivity index (χ2n) is 5.77. The maximum atomic E-state index is 12.1. The Hall–Kier alpha value is -1.56. The lowest BCUT2D eigenvalue weighted by molar-refractivity contribution is -0.298. The van der Waals surface area contributed by atoms with E-state index in [2.05, 4.69) is 4.98 Å². The van der Waals surface area contributed by atoms with Crippen molar-refractivity contribution in [2.24, 2.45) is 0 Å². The zero-order chi connectivity index (χ0) is 18.1. The van der Waals surface area contributed by atoms with Crippen molar-refractivity contribution in [3.8, 4) is 0 Å². The number of aromatic nitrogens is 2. The van der Waals surface area contributed by atoms with Crippen LogP contribution in [0, 0.1) is 6.92 Å². The molecule has 0 aliphatic carbocycles. The highest BCUT2D eigenvalue weighted by Gasteiger charge is 2.58. The highest BCUT2D eigenvalue weighted by Crippen LogP contribution is 2.39. The third-order valence-corrected chi connectivity index (χ3v) is 3.80. The van der Waals surface area contributed by atoms with Crippen molar-refractivity contribution < 1.29 is 29.5 Å². The molecule has 24 heavy (non-hydrogen) atoms. The lowest BCUT2D eigenvalue weighted by atomic mass is 10.1. The minimum atomic E-state index is -2.32. The van der Waals surface area contributed by atoms with E-state index >= 15 is 0 Å². The van der Waals surface area contributed by atoms with Crippen LogP contribution in [-0.2, 0) is 14.2 Å². The van der Waals surface area contributed by atoms with Crippen molar-refractivity contribution >= 4 is 0 Å². The number of aliphatic hydroxyl groups is 3. The van der Waals surface area contributed by atoms with Crippen LogP contribution in [0.15, 0.2) is 15.8 Å². The molecule has 1 saturated heterocycles. The highest BCUT2D eigenvalue weighted by molar-refractivity contribution is 5.05. The predicted octanol–water partition coefficient (Wildman–Crippen LogP) is -2.16. The van der Waals surface area contributed by atoms with Gasteiger partial charge in [-0.15, -0.1) is 0 Å². The fraction of sp³-hybridized carbons (Fsp3) is 0.714. The number of methoxy groups -OCH3 is 1. The van der Waals surface area contributed by atoms with Crippen LogP contribution in [-0.4, -0.2) is 69.3 Å². The fourth-order valence-corrected chi connectivity index (χ4v) is 2.64. The molecule has 0 spiro atoms. The number of nitrogens with one attached hydrogen (secondary N) is 1. The van der Waals surface area contributed by atoms with Crippen LogP contribution in [0.1, 0.15) is 18.7 Å². The molecule has 1 unspecified atom stereocenters. The Morgan fingerprint density at radius 1 is 1.50 bits per heavy atom. The maximum absolute atomic E-state index is 12.1. The van der Waals surface area contributed by atoms with Gasteiger partial charge in [0.25, 0.3) is 5.56 Å². The minimum Gasteiger partial charge on any atom is -0.394 e. The molecule has 0 saturated carbocycles. The zero-order valence-corrected chi connectivity index (χ0v) is 13.6. The van der Waals surface area contributed by atoms with Gasteiger partial charge in [-0.3, -0.25) is 14.3 Å². The van der Waals surface area contributed by atoms with Crippen LogP contribution in [0.25, 0.3) is 0 Å². The van der Waals surface area contributed by atoms with Crippen molar-refractivity contribution in [1.29, 1.82) is 0 Å². The normalized spacial score (nSPS) is 31.3. The number of aryl methyl sites for hydroxylation is 1. The summed E-state index contributed by atoms with van der Waals surface area (Å²) in [4.78, 5) is 25.7. The van der Waals surface area contributed by atoms with Gasteiger partial charge in [0.15, 0.2) is 6.23 Å². The smallest absolute Gasteiger partial charge is 0.330 e. The largest absolute Gasteiger partial charge is 0.394 e. The van der Waals surface area contributed by atoms with Gasteiger partial charge in [0.2, 0.25) is 5.79 Å². The molecule has 2 heterocycles. The lowest BCUT2D eigenvalue weighted by Gasteiger charge is -2.34. The average molecular weight is 346 g/mol. The van der Waals surface area contributed by atoms with Gasteiger partial charge in [0.1, 0.15) is 12.2 Å². The summed E-state index contributed by atoms with van der Waals surface area (Å²) < 4.78 is 16.7. The summed E-state index contributed by atoms with van der Waals surface area (Å²) >= 11 is 0. The number of nitrogens with zero attached hydrogens (tertiary/aromatic N) is 1. The molecule has 10 heteroatoms. The summed E-state index contributed by atoms with van der Waals surface area (Å²) in [5.74, 6) is -2.32. The molecule has 0 bridgehead atoms. The molecule has 2 rings (SSSR count). The average Bonchev–Trinajstić information content (AvgIpc) is 2.75. The van der Waals surface area contributed by atoms with Gasteiger partial charge in [0.05, 0.1) is 19.3 Å². The Morgan fingerprint density at radius 2 is 2.17 bits per heavy atom. The van der Waals surface area contributed by atoms with E-state index in [9.17, 15) is 24.9 Å². The molecule has 1 aliphatic rings. The summed E-state index contributed by atoms with van der Waals surface area (Å²) in [7, 11) is 1.44. The van der Waals surface area contributed by atoms with Gasteiger partial charge in [-0.1, -0.05) is 0 Å². The predicted molar refractivity (Wildman–Crippen MR) is 80.4 cm³/mol. The van der Waals surface area contributed by atoms with E-state index in [0.717, 1.165) is 4.57 Å². The number of hydrogen-bond acceptors (Lipinski definition) is 8. The van der Waals surface area contributed by atoms with Crippen LogP contribution >= 0.6 is 0 Å². The maximum Gasteiger partial charge on any atom is 0.330 e. The topological polar surface area (TPSA) is 143 Å². The first-order valence-corrected chi connectivity index (χ1v) is 7.40. The number of ether oxygens (including phenoxy) is 3. The number of aromatic amines is 1. The fourth-order valence-electron chi connectivity index (χ4n) is 2.64. The minimum absolute atomic E-state index is 0.116. The number of aliphatic hydroxyl groups excluding tert-OH is 2. The first-order chi connectivity index (χ1) is 11.2.